The van der Waals surface area contributed by atoms with E-state index in [0.717, 1.165) is 71.6 Å². The molecule has 12 aromatic rings. The van der Waals surface area contributed by atoms with E-state index in [1.165, 1.54) is 49.2 Å². The van der Waals surface area contributed by atoms with E-state index in [4.69, 9.17) is 19.4 Å². The number of para-hydroxylation sites is 3. The second-order valence-electron chi connectivity index (χ2n) is 16.6. The molecule has 0 atom stereocenters. The molecule has 0 fully saturated rings. The van der Waals surface area contributed by atoms with Crippen molar-refractivity contribution in [2.45, 2.75) is 0 Å². The SMILES string of the molecule is Bc1c(B)c(B)c(-c2nc(-c3ccc4oc5cccc(-n6c7ccccc7c7ccc(-c8ccccc8)cc76)c5c4c3)nc(-n3c4ccccc4c4ccccc43)n2)c(B)c1B. The van der Waals surface area contributed by atoms with Crippen molar-refractivity contribution in [2.75, 3.05) is 0 Å². The fraction of sp³-hybridized carbons (Fsp3) is 0. The van der Waals surface area contributed by atoms with Crippen LogP contribution in [0.15, 0.2) is 162 Å². The lowest BCUT2D eigenvalue weighted by atomic mass is 9.60. The number of fused-ring (bicyclic) bond motifs is 9. The van der Waals surface area contributed by atoms with Crippen LogP contribution in [0.4, 0.5) is 0 Å². The first kappa shape index (κ1) is 36.4. The van der Waals surface area contributed by atoms with Crippen molar-refractivity contribution in [3.63, 3.8) is 0 Å². The topological polar surface area (TPSA) is 61.7 Å². The Morgan fingerprint density at radius 1 is 0.371 bits per heavy atom. The zero-order chi connectivity index (χ0) is 41.8. The first-order chi connectivity index (χ1) is 30.3. The van der Waals surface area contributed by atoms with E-state index in [2.05, 4.69) is 206 Å². The van der Waals surface area contributed by atoms with Crippen LogP contribution in [0.3, 0.4) is 0 Å². The second-order valence-corrected chi connectivity index (χ2v) is 16.6. The molecule has 4 aromatic heterocycles. The van der Waals surface area contributed by atoms with Gasteiger partial charge in [-0.15, -0.1) is 16.4 Å². The summed E-state index contributed by atoms with van der Waals surface area (Å²) >= 11 is 0. The lowest BCUT2D eigenvalue weighted by Crippen LogP contribution is -2.55. The van der Waals surface area contributed by atoms with E-state index in [0.29, 0.717) is 17.6 Å². The molecule has 0 aliphatic rings. The van der Waals surface area contributed by atoms with Gasteiger partial charge in [0.05, 0.1) is 33.1 Å². The summed E-state index contributed by atoms with van der Waals surface area (Å²) in [5.74, 6) is 1.83. The molecule has 0 aliphatic carbocycles. The predicted octanol–water partition coefficient (Wildman–Crippen LogP) is 4.26. The Bertz CT molecular complexity index is 3750. The maximum atomic E-state index is 6.67. The smallest absolute Gasteiger partial charge is 0.238 e. The summed E-state index contributed by atoms with van der Waals surface area (Å²) in [5.41, 5.74) is 17.5. The molecule has 0 saturated heterocycles. The van der Waals surface area contributed by atoms with Crippen LogP contribution in [0.5, 0.6) is 0 Å². The van der Waals surface area contributed by atoms with E-state index < -0.39 is 0 Å². The maximum Gasteiger partial charge on any atom is 0.238 e. The zero-order valence-corrected chi connectivity index (χ0v) is 35.2. The van der Waals surface area contributed by atoms with Crippen LogP contribution in [0.1, 0.15) is 0 Å². The third-order valence-electron chi connectivity index (χ3n) is 13.4. The molecule has 0 aliphatic heterocycles. The van der Waals surface area contributed by atoms with Crippen LogP contribution in [-0.2, 0) is 0 Å². The van der Waals surface area contributed by atoms with Crippen molar-refractivity contribution in [2.24, 2.45) is 0 Å². The molecule has 286 valence electrons. The summed E-state index contributed by atoms with van der Waals surface area (Å²) in [6.07, 6.45) is 0. The minimum atomic E-state index is 0.578. The Kier molecular flexibility index (Phi) is 8.07. The van der Waals surface area contributed by atoms with E-state index in [1.54, 1.807) is 0 Å². The molecule has 0 radical (unpaired) electrons. The largest absolute Gasteiger partial charge is 0.456 e. The minimum Gasteiger partial charge on any atom is -0.456 e. The lowest BCUT2D eigenvalue weighted by molar-refractivity contribution is 0.669. The van der Waals surface area contributed by atoms with E-state index >= 15 is 0 Å². The van der Waals surface area contributed by atoms with Crippen molar-refractivity contribution in [1.29, 1.82) is 0 Å². The van der Waals surface area contributed by atoms with Crippen LogP contribution in [-0.4, -0.2) is 63.3 Å². The number of benzene rings is 8. The van der Waals surface area contributed by atoms with Crippen molar-refractivity contribution in [1.82, 2.24) is 24.1 Å². The van der Waals surface area contributed by atoms with Crippen molar-refractivity contribution < 1.29 is 4.42 Å². The Hall–Kier alpha value is -7.51. The molecule has 0 amide bonds. The summed E-state index contributed by atoms with van der Waals surface area (Å²) in [4.78, 5) is 16.1. The van der Waals surface area contributed by atoms with Gasteiger partial charge in [-0.2, -0.15) is 9.97 Å². The van der Waals surface area contributed by atoms with Gasteiger partial charge in [-0.1, -0.05) is 114 Å². The number of hydrogen-bond donors (Lipinski definition) is 0. The highest BCUT2D eigenvalue weighted by molar-refractivity contribution is 6.68. The van der Waals surface area contributed by atoms with Crippen LogP contribution < -0.4 is 27.3 Å². The molecule has 0 saturated carbocycles. The van der Waals surface area contributed by atoms with Crippen molar-refractivity contribution in [3.8, 4) is 45.5 Å². The average molecular weight is 789 g/mol. The Morgan fingerprint density at radius 3 is 1.61 bits per heavy atom. The fourth-order valence-electron chi connectivity index (χ4n) is 9.85. The molecule has 8 aromatic carbocycles. The normalized spacial score (nSPS) is 11.9. The summed E-state index contributed by atoms with van der Waals surface area (Å²) in [6.45, 7) is 0. The first-order valence-corrected chi connectivity index (χ1v) is 21.2. The molecule has 4 heterocycles. The third-order valence-corrected chi connectivity index (χ3v) is 13.4. The molecular formula is C51H36B5N5O. The van der Waals surface area contributed by atoms with Gasteiger partial charge in [0, 0.05) is 38.1 Å². The predicted molar refractivity (Wildman–Crippen MR) is 273 cm³/mol. The van der Waals surface area contributed by atoms with Gasteiger partial charge in [0.25, 0.3) is 0 Å². The first-order valence-electron chi connectivity index (χ1n) is 21.2. The molecule has 0 spiro atoms. The monoisotopic (exact) mass is 789 g/mol. The van der Waals surface area contributed by atoms with Crippen molar-refractivity contribution >= 4 is 132 Å². The summed E-state index contributed by atoms with van der Waals surface area (Å²) in [6, 6.07) is 55.8. The Labute approximate surface area is 362 Å². The molecule has 6 nitrogen and oxygen atoms in total. The number of hydrogen-bond acceptors (Lipinski definition) is 4. The molecule has 0 bridgehead atoms. The molecule has 11 heteroatoms. The quantitative estimate of drug-likeness (QED) is 0.245. The van der Waals surface area contributed by atoms with Gasteiger partial charge < -0.3 is 8.98 Å². The molecular weight excluding hydrogens is 753 g/mol. The second kappa shape index (κ2) is 13.8. The summed E-state index contributed by atoms with van der Waals surface area (Å²) in [5, 5.41) is 6.74. The molecule has 0 unspecified atom stereocenters. The lowest BCUT2D eigenvalue weighted by Gasteiger charge is -2.20. The van der Waals surface area contributed by atoms with Crippen LogP contribution in [0, 0.1) is 0 Å². The van der Waals surface area contributed by atoms with E-state index in [9.17, 15) is 0 Å². The highest BCUT2D eigenvalue weighted by Crippen LogP contribution is 2.41. The zero-order valence-electron chi connectivity index (χ0n) is 35.2. The van der Waals surface area contributed by atoms with Gasteiger partial charge in [-0.05, 0) is 65.7 Å². The van der Waals surface area contributed by atoms with Crippen LogP contribution >= 0.6 is 0 Å². The Balaban J connectivity index is 1.13. The summed E-state index contributed by atoms with van der Waals surface area (Å²) < 4.78 is 11.3. The van der Waals surface area contributed by atoms with Crippen LogP contribution in [0.25, 0.3) is 111 Å². The van der Waals surface area contributed by atoms with E-state index in [-0.39, 0.29) is 0 Å². The van der Waals surface area contributed by atoms with Crippen LogP contribution in [0.2, 0.25) is 0 Å². The van der Waals surface area contributed by atoms with E-state index in [1.807, 2.05) is 0 Å². The number of nitrogens with zero attached hydrogens (tertiary/aromatic N) is 5. The maximum absolute atomic E-state index is 6.67. The molecule has 62 heavy (non-hydrogen) atoms. The number of rotatable bonds is 5. The summed E-state index contributed by atoms with van der Waals surface area (Å²) in [7, 11) is 11.0. The number of furan rings is 1. The third kappa shape index (κ3) is 5.34. The highest BCUT2D eigenvalue weighted by Gasteiger charge is 2.23. The Morgan fingerprint density at radius 2 is 0.935 bits per heavy atom. The van der Waals surface area contributed by atoms with Gasteiger partial charge in [-0.3, -0.25) is 4.57 Å². The highest BCUT2D eigenvalue weighted by atomic mass is 16.3. The standard InChI is InChI=1S/C51H36B5N5O/c52-44-43(45(53)47(55)48(56)46(44)54)50-57-49(58-51(59-50)61-36-17-8-5-13-30(36)31-14-6-9-18-37(31)61)29-22-24-40-34(25-29)42-38(19-10-20-41(42)62-40)60-35-16-7-4-15-32(35)33-23-21-28(26-39(33)60)27-11-2-1-3-12-27/h1-26H,52-56H2. The van der Waals surface area contributed by atoms with Gasteiger partial charge >= 0.3 is 0 Å². The molecule has 0 N–H and O–H groups in total. The van der Waals surface area contributed by atoms with Gasteiger partial charge in [0.15, 0.2) is 11.6 Å². The fourth-order valence-corrected chi connectivity index (χ4v) is 9.85. The minimum absolute atomic E-state index is 0.578. The van der Waals surface area contributed by atoms with Gasteiger partial charge in [0.1, 0.15) is 50.4 Å². The average Bonchev–Trinajstić information content (AvgIpc) is 3.98. The number of aromatic nitrogens is 5. The van der Waals surface area contributed by atoms with Gasteiger partial charge in [-0.25, -0.2) is 4.98 Å². The molecule has 12 rings (SSSR count). The van der Waals surface area contributed by atoms with Crippen molar-refractivity contribution in [3.05, 3.63) is 158 Å². The van der Waals surface area contributed by atoms with Gasteiger partial charge in [0.2, 0.25) is 5.95 Å².